The van der Waals surface area contributed by atoms with Crippen LogP contribution in [0.1, 0.15) is 38.6 Å². The molecule has 0 saturated heterocycles. The second kappa shape index (κ2) is 7.33. The highest BCUT2D eigenvalue weighted by molar-refractivity contribution is 5.92. The lowest BCUT2D eigenvalue weighted by atomic mass is 10.1. The van der Waals surface area contributed by atoms with E-state index in [1.165, 1.54) is 0 Å². The third-order valence-electron chi connectivity index (χ3n) is 6.48. The Bertz CT molecular complexity index is 1560. The standard InChI is InChI=1S/C24H23N7O2/c1-4-30-22(17-10-25-14(3)26-11-17)29-21-20(27-12-28-23(21)30)16-7-8-19-18(9-16)31(24(32)33-19)13(2)15-5-6-15/h7-13,15H,4-6H2,1-3H3/t13-/m0/s1. The summed E-state index contributed by atoms with van der Waals surface area (Å²) < 4.78 is 9.34. The summed E-state index contributed by atoms with van der Waals surface area (Å²) in [5.74, 6) is 1.67. The maximum atomic E-state index is 12.6. The van der Waals surface area contributed by atoms with Gasteiger partial charge in [-0.15, -0.1) is 0 Å². The van der Waals surface area contributed by atoms with Crippen LogP contribution < -0.4 is 5.76 Å². The maximum Gasteiger partial charge on any atom is 0.420 e. The number of rotatable bonds is 5. The van der Waals surface area contributed by atoms with Crippen molar-refractivity contribution in [1.29, 1.82) is 0 Å². The molecule has 166 valence electrons. The zero-order valence-electron chi connectivity index (χ0n) is 18.7. The Balaban J connectivity index is 1.55. The zero-order valence-corrected chi connectivity index (χ0v) is 18.7. The van der Waals surface area contributed by atoms with Crippen LogP contribution >= 0.6 is 0 Å². The Labute approximate surface area is 189 Å². The third kappa shape index (κ3) is 3.14. The van der Waals surface area contributed by atoms with E-state index < -0.39 is 0 Å². The molecule has 0 spiro atoms. The topological polar surface area (TPSA) is 105 Å². The van der Waals surface area contributed by atoms with Crippen LogP contribution in [0.5, 0.6) is 0 Å². The van der Waals surface area contributed by atoms with Crippen LogP contribution in [0.4, 0.5) is 0 Å². The minimum Gasteiger partial charge on any atom is -0.408 e. The fourth-order valence-electron chi connectivity index (χ4n) is 4.53. The predicted molar refractivity (Wildman–Crippen MR) is 124 cm³/mol. The zero-order chi connectivity index (χ0) is 22.7. The Kier molecular flexibility index (Phi) is 4.39. The largest absolute Gasteiger partial charge is 0.420 e. The summed E-state index contributed by atoms with van der Waals surface area (Å²) in [6, 6.07) is 5.83. The molecular weight excluding hydrogens is 418 g/mol. The van der Waals surface area contributed by atoms with Gasteiger partial charge in [-0.05, 0) is 57.7 Å². The highest BCUT2D eigenvalue weighted by atomic mass is 16.4. The molecule has 4 heterocycles. The summed E-state index contributed by atoms with van der Waals surface area (Å²) in [5.41, 5.74) is 5.20. The molecule has 33 heavy (non-hydrogen) atoms. The number of benzene rings is 1. The molecule has 1 saturated carbocycles. The molecule has 5 aromatic rings. The van der Waals surface area contributed by atoms with E-state index in [2.05, 4.69) is 33.8 Å². The summed E-state index contributed by atoms with van der Waals surface area (Å²) in [7, 11) is 0. The molecule has 0 amide bonds. The number of fused-ring (bicyclic) bond motifs is 2. The van der Waals surface area contributed by atoms with Crippen molar-refractivity contribution >= 4 is 22.3 Å². The monoisotopic (exact) mass is 441 g/mol. The van der Waals surface area contributed by atoms with E-state index in [1.54, 1.807) is 23.3 Å². The highest BCUT2D eigenvalue weighted by Crippen LogP contribution is 2.40. The molecule has 9 nitrogen and oxygen atoms in total. The molecular formula is C24H23N7O2. The van der Waals surface area contributed by atoms with Gasteiger partial charge in [0, 0.05) is 30.5 Å². The van der Waals surface area contributed by atoms with E-state index in [0.717, 1.165) is 41.0 Å². The first kappa shape index (κ1) is 19.8. The Morgan fingerprint density at radius 2 is 1.91 bits per heavy atom. The van der Waals surface area contributed by atoms with Gasteiger partial charge in [0.1, 0.15) is 29.2 Å². The summed E-state index contributed by atoms with van der Waals surface area (Å²) in [6.07, 6.45) is 7.40. The molecule has 9 heteroatoms. The van der Waals surface area contributed by atoms with Gasteiger partial charge >= 0.3 is 5.76 Å². The molecule has 1 aliphatic carbocycles. The fourth-order valence-corrected chi connectivity index (χ4v) is 4.53. The predicted octanol–water partition coefficient (Wildman–Crippen LogP) is 4.16. The Morgan fingerprint density at radius 3 is 2.64 bits per heavy atom. The van der Waals surface area contributed by atoms with Crippen molar-refractivity contribution in [2.75, 3.05) is 0 Å². The number of aromatic nitrogens is 7. The van der Waals surface area contributed by atoms with Crippen molar-refractivity contribution in [3.63, 3.8) is 0 Å². The summed E-state index contributed by atoms with van der Waals surface area (Å²) in [5, 5.41) is 0. The average Bonchev–Trinajstić information content (AvgIpc) is 3.53. The smallest absolute Gasteiger partial charge is 0.408 e. The van der Waals surface area contributed by atoms with Crippen molar-refractivity contribution < 1.29 is 4.42 Å². The van der Waals surface area contributed by atoms with Crippen LogP contribution in [-0.4, -0.2) is 34.1 Å². The van der Waals surface area contributed by atoms with Crippen molar-refractivity contribution in [2.24, 2.45) is 5.92 Å². The molecule has 1 fully saturated rings. The Hall–Kier alpha value is -3.88. The first-order chi connectivity index (χ1) is 16.0. The number of hydrogen-bond acceptors (Lipinski definition) is 7. The molecule has 4 aromatic heterocycles. The molecule has 1 aromatic carbocycles. The minimum atomic E-state index is -0.314. The van der Waals surface area contributed by atoms with Crippen LogP contribution in [0, 0.1) is 12.8 Å². The van der Waals surface area contributed by atoms with Gasteiger partial charge in [0.2, 0.25) is 0 Å². The average molecular weight is 441 g/mol. The van der Waals surface area contributed by atoms with E-state index in [9.17, 15) is 4.79 Å². The van der Waals surface area contributed by atoms with E-state index >= 15 is 0 Å². The van der Waals surface area contributed by atoms with Crippen LogP contribution in [0.25, 0.3) is 44.9 Å². The normalized spacial score (nSPS) is 14.9. The molecule has 1 atom stereocenters. The molecule has 6 rings (SSSR count). The SMILES string of the molecule is CCn1c(-c2cnc(C)nc2)nc2c(-c3ccc4oc(=O)n([C@@H](C)C5CC5)c4c3)ncnc21. The van der Waals surface area contributed by atoms with Gasteiger partial charge in [0.05, 0.1) is 11.1 Å². The van der Waals surface area contributed by atoms with Crippen molar-refractivity contribution in [1.82, 2.24) is 34.1 Å². The van der Waals surface area contributed by atoms with Crippen LogP contribution in [0.15, 0.2) is 46.1 Å². The number of imidazole rings is 1. The Morgan fingerprint density at radius 1 is 1.12 bits per heavy atom. The number of nitrogens with zero attached hydrogens (tertiary/aromatic N) is 7. The van der Waals surface area contributed by atoms with E-state index in [4.69, 9.17) is 9.40 Å². The molecule has 0 unspecified atom stereocenters. The van der Waals surface area contributed by atoms with Gasteiger partial charge in [0.25, 0.3) is 0 Å². The van der Waals surface area contributed by atoms with Gasteiger partial charge in [-0.3, -0.25) is 4.57 Å². The van der Waals surface area contributed by atoms with E-state index in [-0.39, 0.29) is 11.8 Å². The first-order valence-electron chi connectivity index (χ1n) is 11.2. The number of oxazole rings is 1. The van der Waals surface area contributed by atoms with Gasteiger partial charge < -0.3 is 8.98 Å². The molecule has 0 radical (unpaired) electrons. The summed E-state index contributed by atoms with van der Waals surface area (Å²) >= 11 is 0. The van der Waals surface area contributed by atoms with Crippen molar-refractivity contribution in [3.8, 4) is 22.6 Å². The molecule has 1 aliphatic rings. The van der Waals surface area contributed by atoms with Crippen LogP contribution in [-0.2, 0) is 6.54 Å². The highest BCUT2D eigenvalue weighted by Gasteiger charge is 2.31. The quantitative estimate of drug-likeness (QED) is 0.403. The summed E-state index contributed by atoms with van der Waals surface area (Å²) in [6.45, 7) is 6.68. The van der Waals surface area contributed by atoms with Gasteiger partial charge in [-0.1, -0.05) is 0 Å². The third-order valence-corrected chi connectivity index (χ3v) is 6.48. The fraction of sp³-hybridized carbons (Fsp3) is 0.333. The lowest BCUT2D eigenvalue weighted by Crippen LogP contribution is -2.19. The minimum absolute atomic E-state index is 0.104. The second-order valence-corrected chi connectivity index (χ2v) is 8.59. The number of hydrogen-bond donors (Lipinski definition) is 0. The maximum absolute atomic E-state index is 12.6. The van der Waals surface area contributed by atoms with Crippen LogP contribution in [0.2, 0.25) is 0 Å². The van der Waals surface area contributed by atoms with E-state index in [0.29, 0.717) is 35.1 Å². The molecule has 0 aliphatic heterocycles. The van der Waals surface area contributed by atoms with Gasteiger partial charge in [-0.25, -0.2) is 29.7 Å². The molecule has 0 bridgehead atoms. The van der Waals surface area contributed by atoms with Crippen molar-refractivity contribution in [2.45, 2.75) is 46.2 Å². The second-order valence-electron chi connectivity index (χ2n) is 8.59. The van der Waals surface area contributed by atoms with E-state index in [1.807, 2.05) is 29.7 Å². The van der Waals surface area contributed by atoms with Crippen LogP contribution in [0.3, 0.4) is 0 Å². The van der Waals surface area contributed by atoms with Gasteiger partial charge in [-0.2, -0.15) is 0 Å². The molecule has 0 N–H and O–H groups in total. The van der Waals surface area contributed by atoms with Gasteiger partial charge in [0.15, 0.2) is 11.2 Å². The first-order valence-corrected chi connectivity index (χ1v) is 11.2. The van der Waals surface area contributed by atoms with Crippen molar-refractivity contribution in [3.05, 3.63) is 53.3 Å². The number of aryl methyl sites for hydroxylation is 2. The lowest BCUT2D eigenvalue weighted by molar-refractivity contribution is 0.429. The summed E-state index contributed by atoms with van der Waals surface area (Å²) in [4.78, 5) is 35.2. The lowest BCUT2D eigenvalue weighted by Gasteiger charge is -2.11.